The van der Waals surface area contributed by atoms with Crippen LogP contribution in [0, 0.1) is 11.3 Å². The van der Waals surface area contributed by atoms with Gasteiger partial charge in [-0.05, 0) is 24.7 Å². The molecular weight excluding hydrogens is 256 g/mol. The Bertz CT molecular complexity index is 446. The SMILES string of the molecule is CC1(C)CC1NS(=O)(=O)N1CCCC(C(=O)O)C1. The predicted molar refractivity (Wildman–Crippen MR) is 66.2 cm³/mol. The second kappa shape index (κ2) is 4.47. The Hall–Kier alpha value is -0.660. The van der Waals surface area contributed by atoms with Crippen molar-refractivity contribution in [3.8, 4) is 0 Å². The van der Waals surface area contributed by atoms with Crippen molar-refractivity contribution >= 4 is 16.2 Å². The van der Waals surface area contributed by atoms with Crippen molar-refractivity contribution < 1.29 is 18.3 Å². The van der Waals surface area contributed by atoms with Crippen LogP contribution in [0.5, 0.6) is 0 Å². The van der Waals surface area contributed by atoms with Crippen LogP contribution in [0.25, 0.3) is 0 Å². The van der Waals surface area contributed by atoms with Gasteiger partial charge in [0.1, 0.15) is 0 Å². The van der Waals surface area contributed by atoms with Gasteiger partial charge in [0, 0.05) is 19.1 Å². The van der Waals surface area contributed by atoms with Crippen molar-refractivity contribution in [2.24, 2.45) is 11.3 Å². The number of carboxylic acid groups (broad SMARTS) is 1. The molecule has 1 aliphatic heterocycles. The normalized spacial score (nSPS) is 32.1. The van der Waals surface area contributed by atoms with Crippen LogP contribution in [-0.2, 0) is 15.0 Å². The molecule has 1 saturated heterocycles. The third-order valence-corrected chi connectivity index (χ3v) is 5.47. The first-order valence-corrected chi connectivity index (χ1v) is 7.66. The summed E-state index contributed by atoms with van der Waals surface area (Å²) in [5.41, 5.74) is 0.0229. The molecule has 18 heavy (non-hydrogen) atoms. The maximum atomic E-state index is 12.1. The molecule has 2 aliphatic rings. The van der Waals surface area contributed by atoms with Gasteiger partial charge in [-0.3, -0.25) is 4.79 Å². The van der Waals surface area contributed by atoms with Crippen LogP contribution in [0.2, 0.25) is 0 Å². The van der Waals surface area contributed by atoms with Crippen LogP contribution in [0.3, 0.4) is 0 Å². The third kappa shape index (κ3) is 2.84. The highest BCUT2D eigenvalue weighted by atomic mass is 32.2. The van der Waals surface area contributed by atoms with Crippen molar-refractivity contribution in [2.45, 2.75) is 39.2 Å². The highest BCUT2D eigenvalue weighted by molar-refractivity contribution is 7.87. The zero-order chi connectivity index (χ0) is 13.6. The molecule has 2 unspecified atom stereocenters. The van der Waals surface area contributed by atoms with Crippen LogP contribution < -0.4 is 4.72 Å². The average molecular weight is 276 g/mol. The lowest BCUT2D eigenvalue weighted by Gasteiger charge is -2.30. The summed E-state index contributed by atoms with van der Waals surface area (Å²) in [6.07, 6.45) is 1.99. The third-order valence-electron chi connectivity index (χ3n) is 3.88. The first kappa shape index (κ1) is 13.8. The molecule has 0 bridgehead atoms. The van der Waals surface area contributed by atoms with E-state index in [1.165, 1.54) is 4.31 Å². The van der Waals surface area contributed by atoms with E-state index in [1.807, 2.05) is 13.8 Å². The summed E-state index contributed by atoms with van der Waals surface area (Å²) in [5.74, 6) is -1.50. The summed E-state index contributed by atoms with van der Waals surface area (Å²) < 4.78 is 28.2. The van der Waals surface area contributed by atoms with E-state index >= 15 is 0 Å². The summed E-state index contributed by atoms with van der Waals surface area (Å²) in [4.78, 5) is 10.9. The molecule has 0 radical (unpaired) electrons. The van der Waals surface area contributed by atoms with E-state index in [-0.39, 0.29) is 18.0 Å². The lowest BCUT2D eigenvalue weighted by Crippen LogP contribution is -2.48. The molecule has 2 rings (SSSR count). The highest BCUT2D eigenvalue weighted by Crippen LogP contribution is 2.45. The standard InChI is InChI=1S/C11H20N2O4S/c1-11(2)6-9(11)12-18(16,17)13-5-3-4-8(7-13)10(14)15/h8-9,12H,3-7H2,1-2H3,(H,14,15). The molecule has 2 fully saturated rings. The molecule has 2 N–H and O–H groups in total. The summed E-state index contributed by atoms with van der Waals surface area (Å²) in [6, 6.07) is -0.0206. The quantitative estimate of drug-likeness (QED) is 0.779. The topological polar surface area (TPSA) is 86.7 Å². The van der Waals surface area contributed by atoms with Gasteiger partial charge in [-0.1, -0.05) is 13.8 Å². The van der Waals surface area contributed by atoms with Crippen LogP contribution in [0.4, 0.5) is 0 Å². The lowest BCUT2D eigenvalue weighted by molar-refractivity contribution is -0.142. The monoisotopic (exact) mass is 276 g/mol. The van der Waals surface area contributed by atoms with Crippen molar-refractivity contribution in [3.05, 3.63) is 0 Å². The molecule has 104 valence electrons. The second-order valence-corrected chi connectivity index (χ2v) is 7.61. The molecule has 2 atom stereocenters. The van der Waals surface area contributed by atoms with E-state index in [1.54, 1.807) is 0 Å². The minimum Gasteiger partial charge on any atom is -0.481 e. The number of carboxylic acids is 1. The van der Waals surface area contributed by atoms with Crippen molar-refractivity contribution in [1.82, 2.24) is 9.03 Å². The Morgan fingerprint density at radius 1 is 1.44 bits per heavy atom. The highest BCUT2D eigenvalue weighted by Gasteiger charge is 2.48. The molecule has 0 spiro atoms. The lowest BCUT2D eigenvalue weighted by atomic mass is 10.0. The minimum atomic E-state index is -3.54. The Balaban J connectivity index is 1.99. The summed E-state index contributed by atoms with van der Waals surface area (Å²) in [6.45, 7) is 4.51. The second-order valence-electron chi connectivity index (χ2n) is 5.90. The van der Waals surface area contributed by atoms with Crippen LogP contribution in [0.1, 0.15) is 33.1 Å². The zero-order valence-corrected chi connectivity index (χ0v) is 11.5. The largest absolute Gasteiger partial charge is 0.481 e. The first-order valence-electron chi connectivity index (χ1n) is 6.22. The molecule has 1 aliphatic carbocycles. The number of rotatable bonds is 4. The number of nitrogens with zero attached hydrogens (tertiary/aromatic N) is 1. The van der Waals surface area contributed by atoms with Crippen LogP contribution in [0.15, 0.2) is 0 Å². The minimum absolute atomic E-state index is 0.0206. The van der Waals surface area contributed by atoms with Gasteiger partial charge in [0.05, 0.1) is 5.92 Å². The Kier molecular flexibility index (Phi) is 3.42. The molecule has 7 heteroatoms. The van der Waals surface area contributed by atoms with E-state index < -0.39 is 22.1 Å². The average Bonchev–Trinajstić information content (AvgIpc) is 2.85. The Labute approximate surface area is 108 Å². The van der Waals surface area contributed by atoms with Gasteiger partial charge in [0.2, 0.25) is 0 Å². The molecule has 1 heterocycles. The van der Waals surface area contributed by atoms with Crippen LogP contribution in [-0.4, -0.2) is 42.9 Å². The number of nitrogens with one attached hydrogen (secondary N) is 1. The number of aliphatic carboxylic acids is 1. The fourth-order valence-electron chi connectivity index (χ4n) is 2.28. The number of carbonyl (C=O) groups is 1. The van der Waals surface area contributed by atoms with E-state index in [4.69, 9.17) is 5.11 Å². The van der Waals surface area contributed by atoms with Gasteiger partial charge in [0.25, 0.3) is 10.2 Å². The molecule has 0 aromatic heterocycles. The molecule has 0 aromatic rings. The fraction of sp³-hybridized carbons (Fsp3) is 0.909. The van der Waals surface area contributed by atoms with Gasteiger partial charge in [0.15, 0.2) is 0 Å². The molecule has 0 aromatic carbocycles. The first-order chi connectivity index (χ1) is 8.22. The van der Waals surface area contributed by atoms with Crippen molar-refractivity contribution in [2.75, 3.05) is 13.1 Å². The van der Waals surface area contributed by atoms with Crippen LogP contribution >= 0.6 is 0 Å². The Morgan fingerprint density at radius 2 is 2.06 bits per heavy atom. The zero-order valence-electron chi connectivity index (χ0n) is 10.7. The molecule has 0 amide bonds. The van der Waals surface area contributed by atoms with Gasteiger partial charge in [-0.15, -0.1) is 0 Å². The Morgan fingerprint density at radius 3 is 2.56 bits per heavy atom. The van der Waals surface area contributed by atoms with Crippen molar-refractivity contribution in [1.29, 1.82) is 0 Å². The maximum Gasteiger partial charge on any atom is 0.307 e. The van der Waals surface area contributed by atoms with Gasteiger partial charge in [-0.2, -0.15) is 17.4 Å². The van der Waals surface area contributed by atoms with E-state index in [2.05, 4.69) is 4.72 Å². The smallest absolute Gasteiger partial charge is 0.307 e. The van der Waals surface area contributed by atoms with E-state index in [0.29, 0.717) is 19.4 Å². The van der Waals surface area contributed by atoms with E-state index in [0.717, 1.165) is 6.42 Å². The number of hydrogen-bond donors (Lipinski definition) is 2. The predicted octanol–water partition coefficient (Wildman–Crippen LogP) is 0.416. The van der Waals surface area contributed by atoms with Gasteiger partial charge >= 0.3 is 5.97 Å². The summed E-state index contributed by atoms with van der Waals surface area (Å²) in [5, 5.41) is 8.96. The summed E-state index contributed by atoms with van der Waals surface area (Å²) in [7, 11) is -3.54. The fourth-order valence-corrected chi connectivity index (χ4v) is 3.94. The van der Waals surface area contributed by atoms with Gasteiger partial charge in [-0.25, -0.2) is 0 Å². The maximum absolute atomic E-state index is 12.1. The number of piperidine rings is 1. The van der Waals surface area contributed by atoms with E-state index in [9.17, 15) is 13.2 Å². The molecular formula is C11H20N2O4S. The van der Waals surface area contributed by atoms with Crippen molar-refractivity contribution in [3.63, 3.8) is 0 Å². The molecule has 6 nitrogen and oxygen atoms in total. The molecule has 1 saturated carbocycles. The van der Waals surface area contributed by atoms with Gasteiger partial charge < -0.3 is 5.11 Å². The number of hydrogen-bond acceptors (Lipinski definition) is 3. The summed E-state index contributed by atoms with van der Waals surface area (Å²) >= 11 is 0.